The molecule has 1 saturated carbocycles. The van der Waals surface area contributed by atoms with Crippen LogP contribution in [0.3, 0.4) is 0 Å². The summed E-state index contributed by atoms with van der Waals surface area (Å²) in [5, 5.41) is 3.53. The van der Waals surface area contributed by atoms with E-state index in [9.17, 15) is 4.79 Å². The second-order valence-corrected chi connectivity index (χ2v) is 6.03. The highest BCUT2D eigenvalue weighted by Crippen LogP contribution is 2.30. The van der Waals surface area contributed by atoms with Gasteiger partial charge in [-0.3, -0.25) is 4.79 Å². The number of carbonyl (C=O) groups excluding carboxylic acids is 1. The number of halogens is 1. The number of amides is 1. The zero-order valence-electron chi connectivity index (χ0n) is 11.5. The highest BCUT2D eigenvalue weighted by atomic mass is 35.5. The van der Waals surface area contributed by atoms with Gasteiger partial charge < -0.3 is 5.32 Å². The minimum Gasteiger partial charge on any atom is -0.349 e. The number of hydrogen-bond acceptors (Lipinski definition) is 2. The van der Waals surface area contributed by atoms with Crippen LogP contribution < -0.4 is 5.32 Å². The van der Waals surface area contributed by atoms with Gasteiger partial charge in [0, 0.05) is 17.8 Å². The fourth-order valence-electron chi connectivity index (χ4n) is 2.93. The first-order valence-corrected chi connectivity index (χ1v) is 7.38. The molecule has 0 aromatic carbocycles. The second kappa shape index (κ2) is 6.38. The van der Waals surface area contributed by atoms with E-state index >= 15 is 0 Å². The van der Waals surface area contributed by atoms with Gasteiger partial charge >= 0.3 is 0 Å². The third kappa shape index (κ3) is 3.69. The number of rotatable bonds is 3. The van der Waals surface area contributed by atoms with E-state index in [-0.39, 0.29) is 11.9 Å². The summed E-state index contributed by atoms with van der Waals surface area (Å²) in [5.41, 5.74) is 0.591. The Morgan fingerprint density at radius 2 is 2.16 bits per heavy atom. The van der Waals surface area contributed by atoms with E-state index < -0.39 is 0 Å². The second-order valence-electron chi connectivity index (χ2n) is 5.64. The number of aromatic nitrogens is 1. The van der Waals surface area contributed by atoms with Gasteiger partial charge in [-0.25, -0.2) is 4.98 Å². The van der Waals surface area contributed by atoms with Gasteiger partial charge in [-0.2, -0.15) is 0 Å². The topological polar surface area (TPSA) is 42.0 Å². The number of hydrogen-bond donors (Lipinski definition) is 1. The van der Waals surface area contributed by atoms with E-state index in [0.29, 0.717) is 22.6 Å². The summed E-state index contributed by atoms with van der Waals surface area (Å²) >= 11 is 5.82. The van der Waals surface area contributed by atoms with E-state index in [0.717, 1.165) is 6.42 Å². The first kappa shape index (κ1) is 14.3. The fourth-order valence-corrected chi connectivity index (χ4v) is 3.11. The predicted molar refractivity (Wildman–Crippen MR) is 77.3 cm³/mol. The average Bonchev–Trinajstić information content (AvgIpc) is 2.39. The van der Waals surface area contributed by atoms with Crippen LogP contribution in [0.15, 0.2) is 18.3 Å². The maximum absolute atomic E-state index is 12.2. The molecule has 0 bridgehead atoms. The van der Waals surface area contributed by atoms with Gasteiger partial charge in [0.15, 0.2) is 0 Å². The molecule has 1 N–H and O–H groups in total. The Bertz CT molecular complexity index is 448. The van der Waals surface area contributed by atoms with Crippen LogP contribution in [0.5, 0.6) is 0 Å². The molecule has 1 aromatic rings. The minimum absolute atomic E-state index is 0.0400. The number of nitrogens with zero attached hydrogens (tertiary/aromatic N) is 1. The van der Waals surface area contributed by atoms with E-state index in [1.807, 2.05) is 0 Å². The Hall–Kier alpha value is -1.09. The van der Waals surface area contributed by atoms with Crippen molar-refractivity contribution < 1.29 is 4.79 Å². The summed E-state index contributed by atoms with van der Waals surface area (Å²) in [6.07, 6.45) is 6.33. The molecular weight excluding hydrogens is 260 g/mol. The summed E-state index contributed by atoms with van der Waals surface area (Å²) in [5.74, 6) is 1.14. The molecule has 2 rings (SSSR count). The number of carbonyl (C=O) groups is 1. The van der Waals surface area contributed by atoms with Crippen molar-refractivity contribution in [2.24, 2.45) is 11.8 Å². The Morgan fingerprint density at radius 1 is 1.42 bits per heavy atom. The SMILES string of the molecule is CC(C)C1CCCCC1NC(=O)c1ccnc(Cl)c1. The maximum Gasteiger partial charge on any atom is 0.251 e. The highest BCUT2D eigenvalue weighted by Gasteiger charge is 2.28. The van der Waals surface area contributed by atoms with Gasteiger partial charge in [-0.1, -0.05) is 38.3 Å². The molecule has 3 nitrogen and oxygen atoms in total. The third-order valence-electron chi connectivity index (χ3n) is 3.98. The van der Waals surface area contributed by atoms with Crippen molar-refractivity contribution in [3.05, 3.63) is 29.0 Å². The van der Waals surface area contributed by atoms with Crippen LogP contribution in [0.25, 0.3) is 0 Å². The van der Waals surface area contributed by atoms with Gasteiger partial charge in [0.2, 0.25) is 0 Å². The largest absolute Gasteiger partial charge is 0.349 e. The molecule has 1 aromatic heterocycles. The van der Waals surface area contributed by atoms with Crippen molar-refractivity contribution in [1.82, 2.24) is 10.3 Å². The van der Waals surface area contributed by atoms with Crippen LogP contribution in [0.1, 0.15) is 49.9 Å². The van der Waals surface area contributed by atoms with Crippen LogP contribution in [0, 0.1) is 11.8 Å². The Labute approximate surface area is 119 Å². The van der Waals surface area contributed by atoms with Gasteiger partial charge in [-0.05, 0) is 36.8 Å². The Kier molecular flexibility index (Phi) is 4.81. The van der Waals surface area contributed by atoms with Crippen LogP contribution in [-0.4, -0.2) is 16.9 Å². The quantitative estimate of drug-likeness (QED) is 0.858. The van der Waals surface area contributed by atoms with E-state index in [1.54, 1.807) is 18.3 Å². The summed E-state index contributed by atoms with van der Waals surface area (Å²) < 4.78 is 0. The minimum atomic E-state index is -0.0400. The average molecular weight is 281 g/mol. The van der Waals surface area contributed by atoms with E-state index in [4.69, 9.17) is 11.6 Å². The molecule has 1 aliphatic carbocycles. The zero-order valence-corrected chi connectivity index (χ0v) is 12.3. The molecule has 1 heterocycles. The molecule has 0 radical (unpaired) electrons. The molecular formula is C15H21ClN2O. The summed E-state index contributed by atoms with van der Waals surface area (Å²) in [4.78, 5) is 16.1. The normalized spacial score (nSPS) is 23.4. The smallest absolute Gasteiger partial charge is 0.251 e. The van der Waals surface area contributed by atoms with Crippen molar-refractivity contribution in [1.29, 1.82) is 0 Å². The molecule has 104 valence electrons. The first-order valence-electron chi connectivity index (χ1n) is 7.00. The highest BCUT2D eigenvalue weighted by molar-refractivity contribution is 6.29. The Balaban J connectivity index is 2.04. The lowest BCUT2D eigenvalue weighted by Gasteiger charge is -2.34. The van der Waals surface area contributed by atoms with Gasteiger partial charge in [0.1, 0.15) is 5.15 Å². The molecule has 0 spiro atoms. The van der Waals surface area contributed by atoms with Crippen molar-refractivity contribution in [2.45, 2.75) is 45.6 Å². The van der Waals surface area contributed by atoms with Crippen LogP contribution in [0.4, 0.5) is 0 Å². The summed E-state index contributed by atoms with van der Waals surface area (Å²) in [7, 11) is 0. The molecule has 19 heavy (non-hydrogen) atoms. The molecule has 2 atom stereocenters. The Morgan fingerprint density at radius 3 is 2.84 bits per heavy atom. The first-order chi connectivity index (χ1) is 9.08. The molecule has 1 aliphatic rings. The van der Waals surface area contributed by atoms with Gasteiger partial charge in [0.25, 0.3) is 5.91 Å². The number of pyridine rings is 1. The van der Waals surface area contributed by atoms with Crippen molar-refractivity contribution in [3.63, 3.8) is 0 Å². The lowest BCUT2D eigenvalue weighted by molar-refractivity contribution is 0.0889. The van der Waals surface area contributed by atoms with E-state index in [1.165, 1.54) is 19.3 Å². The molecule has 1 amide bonds. The number of nitrogens with one attached hydrogen (secondary N) is 1. The molecule has 0 aliphatic heterocycles. The van der Waals surface area contributed by atoms with Gasteiger partial charge in [-0.15, -0.1) is 0 Å². The standard InChI is InChI=1S/C15H21ClN2O/c1-10(2)12-5-3-4-6-13(12)18-15(19)11-7-8-17-14(16)9-11/h7-10,12-13H,3-6H2,1-2H3,(H,18,19). The van der Waals surface area contributed by atoms with Crippen molar-refractivity contribution in [2.75, 3.05) is 0 Å². The fraction of sp³-hybridized carbons (Fsp3) is 0.600. The van der Waals surface area contributed by atoms with Crippen molar-refractivity contribution >= 4 is 17.5 Å². The summed E-state index contributed by atoms with van der Waals surface area (Å²) in [6.45, 7) is 4.47. The molecule has 4 heteroatoms. The maximum atomic E-state index is 12.2. The molecule has 2 unspecified atom stereocenters. The third-order valence-corrected chi connectivity index (χ3v) is 4.19. The van der Waals surface area contributed by atoms with E-state index in [2.05, 4.69) is 24.1 Å². The van der Waals surface area contributed by atoms with Gasteiger partial charge in [0.05, 0.1) is 0 Å². The monoisotopic (exact) mass is 280 g/mol. The van der Waals surface area contributed by atoms with Crippen molar-refractivity contribution in [3.8, 4) is 0 Å². The lowest BCUT2D eigenvalue weighted by atomic mass is 9.78. The van der Waals surface area contributed by atoms with Crippen LogP contribution in [-0.2, 0) is 0 Å². The van der Waals surface area contributed by atoms with Crippen LogP contribution >= 0.6 is 11.6 Å². The zero-order chi connectivity index (χ0) is 13.8. The predicted octanol–water partition coefficient (Wildman–Crippen LogP) is 3.68. The molecule has 1 fully saturated rings. The lowest BCUT2D eigenvalue weighted by Crippen LogP contribution is -2.43. The summed E-state index contributed by atoms with van der Waals surface area (Å²) in [6, 6.07) is 3.60. The van der Waals surface area contributed by atoms with Crippen LogP contribution in [0.2, 0.25) is 5.15 Å². The molecule has 0 saturated heterocycles.